The van der Waals surface area contributed by atoms with Crippen LogP contribution in [0.1, 0.15) is 26.7 Å². The summed E-state index contributed by atoms with van der Waals surface area (Å²) in [6, 6.07) is 0. The number of carbonyl (C=O) groups excluding carboxylic acids is 1. The van der Waals surface area contributed by atoms with Crippen LogP contribution in [0.15, 0.2) is 12.7 Å². The smallest absolute Gasteiger partial charge is 0.257 e. The highest BCUT2D eigenvalue weighted by Gasteiger charge is 2.09. The molecule has 94 valence electrons. The number of hydrazine groups is 1. The maximum atomic E-state index is 11.1. The Kier molecular flexibility index (Phi) is 7.80. The third kappa shape index (κ3) is 8.40. The topological polar surface area (TPSA) is 72.8 Å². The van der Waals surface area contributed by atoms with Gasteiger partial charge in [-0.05, 0) is 32.8 Å². The van der Waals surface area contributed by atoms with Gasteiger partial charge in [0.15, 0.2) is 0 Å². The summed E-state index contributed by atoms with van der Waals surface area (Å²) in [7, 11) is 0. The Morgan fingerprint density at radius 3 is 2.06 bits per heavy atom. The van der Waals surface area contributed by atoms with Crippen molar-refractivity contribution in [2.45, 2.75) is 38.9 Å². The number of aliphatic hydroxyl groups is 2. The van der Waals surface area contributed by atoms with E-state index in [0.717, 1.165) is 0 Å². The standard InChI is InChI=1S/C11H22N2O3/c1-4-11(16)12-13(7-5-9(2)14)8-6-10(3)15/h4,9-10,14-15H,1,5-8H2,2-3H3,(H,12,16). The van der Waals surface area contributed by atoms with Crippen LogP contribution in [0, 0.1) is 0 Å². The van der Waals surface area contributed by atoms with Crippen molar-refractivity contribution < 1.29 is 15.0 Å². The summed E-state index contributed by atoms with van der Waals surface area (Å²) < 4.78 is 0. The van der Waals surface area contributed by atoms with Gasteiger partial charge in [0.2, 0.25) is 0 Å². The van der Waals surface area contributed by atoms with Crippen LogP contribution in [-0.2, 0) is 4.79 Å². The number of aliphatic hydroxyl groups excluding tert-OH is 2. The van der Waals surface area contributed by atoms with Crippen molar-refractivity contribution in [2.24, 2.45) is 0 Å². The first kappa shape index (κ1) is 15.1. The van der Waals surface area contributed by atoms with Gasteiger partial charge < -0.3 is 10.2 Å². The molecule has 0 aliphatic carbocycles. The molecule has 3 N–H and O–H groups in total. The van der Waals surface area contributed by atoms with Gasteiger partial charge in [-0.2, -0.15) is 0 Å². The van der Waals surface area contributed by atoms with Gasteiger partial charge in [0, 0.05) is 13.1 Å². The third-order valence-electron chi connectivity index (χ3n) is 2.09. The Bertz CT molecular complexity index is 205. The van der Waals surface area contributed by atoms with E-state index in [1.165, 1.54) is 6.08 Å². The quantitative estimate of drug-likeness (QED) is 0.407. The van der Waals surface area contributed by atoms with E-state index in [0.29, 0.717) is 25.9 Å². The molecule has 0 aromatic rings. The highest BCUT2D eigenvalue weighted by molar-refractivity contribution is 5.86. The fourth-order valence-corrected chi connectivity index (χ4v) is 1.11. The third-order valence-corrected chi connectivity index (χ3v) is 2.09. The maximum Gasteiger partial charge on any atom is 0.257 e. The molecule has 0 fully saturated rings. The Morgan fingerprint density at radius 2 is 1.75 bits per heavy atom. The van der Waals surface area contributed by atoms with E-state index < -0.39 is 12.2 Å². The van der Waals surface area contributed by atoms with E-state index in [1.54, 1.807) is 18.9 Å². The summed E-state index contributed by atoms with van der Waals surface area (Å²) in [6.45, 7) is 7.85. The molecule has 1 amide bonds. The Morgan fingerprint density at radius 1 is 1.31 bits per heavy atom. The molecule has 0 spiro atoms. The lowest BCUT2D eigenvalue weighted by Crippen LogP contribution is -2.43. The Labute approximate surface area is 96.7 Å². The molecule has 2 atom stereocenters. The van der Waals surface area contributed by atoms with Gasteiger partial charge in [-0.25, -0.2) is 5.01 Å². The molecular formula is C11H22N2O3. The number of carbonyl (C=O) groups is 1. The largest absolute Gasteiger partial charge is 0.393 e. The first-order valence-electron chi connectivity index (χ1n) is 5.49. The van der Waals surface area contributed by atoms with Gasteiger partial charge in [0.1, 0.15) is 0 Å². The van der Waals surface area contributed by atoms with Crippen molar-refractivity contribution in [3.8, 4) is 0 Å². The van der Waals surface area contributed by atoms with Crippen LogP contribution in [0.25, 0.3) is 0 Å². The molecule has 5 heteroatoms. The average Bonchev–Trinajstić information content (AvgIpc) is 2.21. The van der Waals surface area contributed by atoms with Gasteiger partial charge in [0.25, 0.3) is 5.91 Å². The highest BCUT2D eigenvalue weighted by Crippen LogP contribution is 1.97. The summed E-state index contributed by atoms with van der Waals surface area (Å²) in [5.74, 6) is -0.281. The van der Waals surface area contributed by atoms with Crippen LogP contribution >= 0.6 is 0 Å². The van der Waals surface area contributed by atoms with Gasteiger partial charge in [0.05, 0.1) is 12.2 Å². The molecule has 0 aliphatic rings. The number of hydrogen-bond acceptors (Lipinski definition) is 4. The molecule has 0 radical (unpaired) electrons. The highest BCUT2D eigenvalue weighted by atomic mass is 16.3. The summed E-state index contributed by atoms with van der Waals surface area (Å²) in [5, 5.41) is 20.0. The van der Waals surface area contributed by atoms with Crippen LogP contribution in [0.4, 0.5) is 0 Å². The number of rotatable bonds is 8. The first-order valence-corrected chi connectivity index (χ1v) is 5.49. The van der Waals surface area contributed by atoms with Crippen molar-refractivity contribution in [1.29, 1.82) is 0 Å². The molecule has 2 unspecified atom stereocenters. The molecule has 0 aliphatic heterocycles. The lowest BCUT2D eigenvalue weighted by atomic mass is 10.2. The van der Waals surface area contributed by atoms with Gasteiger partial charge in [-0.15, -0.1) is 0 Å². The minimum absolute atomic E-state index is 0.281. The summed E-state index contributed by atoms with van der Waals surface area (Å²) in [4.78, 5) is 11.1. The lowest BCUT2D eigenvalue weighted by molar-refractivity contribution is -0.121. The van der Waals surface area contributed by atoms with Crippen molar-refractivity contribution in [3.63, 3.8) is 0 Å². The minimum Gasteiger partial charge on any atom is -0.393 e. The zero-order valence-corrected chi connectivity index (χ0v) is 10.0. The molecule has 0 heterocycles. The normalized spacial score (nSPS) is 14.6. The van der Waals surface area contributed by atoms with E-state index in [1.807, 2.05) is 0 Å². The minimum atomic E-state index is -0.408. The Balaban J connectivity index is 4.04. The molecular weight excluding hydrogens is 208 g/mol. The molecule has 0 rings (SSSR count). The van der Waals surface area contributed by atoms with E-state index in [4.69, 9.17) is 10.2 Å². The van der Waals surface area contributed by atoms with Crippen molar-refractivity contribution >= 4 is 5.91 Å². The van der Waals surface area contributed by atoms with Crippen LogP contribution in [0.3, 0.4) is 0 Å². The van der Waals surface area contributed by atoms with Crippen LogP contribution in [0.5, 0.6) is 0 Å². The molecule has 0 aromatic heterocycles. The molecule has 0 saturated carbocycles. The SMILES string of the molecule is C=CC(=O)NN(CCC(C)O)CCC(C)O. The van der Waals surface area contributed by atoms with Crippen LogP contribution < -0.4 is 5.43 Å². The van der Waals surface area contributed by atoms with Crippen molar-refractivity contribution in [3.05, 3.63) is 12.7 Å². The maximum absolute atomic E-state index is 11.1. The molecule has 16 heavy (non-hydrogen) atoms. The number of nitrogens with zero attached hydrogens (tertiary/aromatic N) is 1. The number of hydrogen-bond donors (Lipinski definition) is 3. The van der Waals surface area contributed by atoms with E-state index in [2.05, 4.69) is 12.0 Å². The van der Waals surface area contributed by atoms with Gasteiger partial charge in [-0.3, -0.25) is 10.2 Å². The van der Waals surface area contributed by atoms with Gasteiger partial charge in [-0.1, -0.05) is 6.58 Å². The van der Waals surface area contributed by atoms with E-state index in [9.17, 15) is 4.79 Å². The fourth-order valence-electron chi connectivity index (χ4n) is 1.11. The van der Waals surface area contributed by atoms with E-state index >= 15 is 0 Å². The molecule has 5 nitrogen and oxygen atoms in total. The van der Waals surface area contributed by atoms with Crippen molar-refractivity contribution in [1.82, 2.24) is 10.4 Å². The van der Waals surface area contributed by atoms with Crippen LogP contribution in [-0.4, -0.2) is 46.4 Å². The molecule has 0 aromatic carbocycles. The zero-order chi connectivity index (χ0) is 12.6. The second kappa shape index (κ2) is 8.27. The summed E-state index contributed by atoms with van der Waals surface area (Å²) in [6.07, 6.45) is 1.51. The molecule has 0 saturated heterocycles. The summed E-state index contributed by atoms with van der Waals surface area (Å²) >= 11 is 0. The molecule has 0 bridgehead atoms. The predicted molar refractivity (Wildman–Crippen MR) is 62.5 cm³/mol. The summed E-state index contributed by atoms with van der Waals surface area (Å²) in [5.41, 5.74) is 2.63. The second-order valence-electron chi connectivity index (χ2n) is 3.94. The average molecular weight is 230 g/mol. The van der Waals surface area contributed by atoms with Gasteiger partial charge >= 0.3 is 0 Å². The number of amides is 1. The first-order chi connectivity index (χ1) is 7.45. The van der Waals surface area contributed by atoms with E-state index in [-0.39, 0.29) is 5.91 Å². The lowest BCUT2D eigenvalue weighted by Gasteiger charge is -2.23. The predicted octanol–water partition coefficient (Wildman–Crippen LogP) is 0.0474. The zero-order valence-electron chi connectivity index (χ0n) is 10.0. The monoisotopic (exact) mass is 230 g/mol. The Hall–Kier alpha value is -0.910. The number of nitrogens with one attached hydrogen (secondary N) is 1. The second-order valence-corrected chi connectivity index (χ2v) is 3.94. The fraction of sp³-hybridized carbons (Fsp3) is 0.727. The van der Waals surface area contributed by atoms with Crippen molar-refractivity contribution in [2.75, 3.05) is 13.1 Å². The van der Waals surface area contributed by atoms with Crippen LogP contribution in [0.2, 0.25) is 0 Å².